The standard InChI is InChI=1S/C27H30FN5O2S2/c1-4-5-8-11-33-26(35)23(37-27(33)36)16-19-18(2)20(17-29)25(34)30(3)24(19)32-14-12-31(13-15-32)22-10-7-6-9-21(22)28/h6-7,9-10,16H,4-5,8,11-15H2,1-3H3. The van der Waals surface area contributed by atoms with Gasteiger partial charge in [-0.15, -0.1) is 0 Å². The molecule has 194 valence electrons. The molecule has 0 saturated carbocycles. The van der Waals surface area contributed by atoms with E-state index in [0.29, 0.717) is 64.6 Å². The van der Waals surface area contributed by atoms with Crippen LogP contribution >= 0.6 is 24.0 Å². The average molecular weight is 540 g/mol. The van der Waals surface area contributed by atoms with Gasteiger partial charge in [-0.05, 0) is 37.1 Å². The number of benzene rings is 1. The molecule has 0 unspecified atom stereocenters. The first-order valence-electron chi connectivity index (χ1n) is 12.4. The van der Waals surface area contributed by atoms with Gasteiger partial charge in [-0.25, -0.2) is 4.39 Å². The fourth-order valence-electron chi connectivity index (χ4n) is 4.81. The molecule has 2 aromatic rings. The number of hydrogen-bond acceptors (Lipinski definition) is 7. The summed E-state index contributed by atoms with van der Waals surface area (Å²) < 4.78 is 16.4. The van der Waals surface area contributed by atoms with Crippen molar-refractivity contribution in [2.75, 3.05) is 42.5 Å². The maximum absolute atomic E-state index is 14.3. The summed E-state index contributed by atoms with van der Waals surface area (Å²) in [5.74, 6) is 0.235. The number of aromatic nitrogens is 1. The fourth-order valence-corrected chi connectivity index (χ4v) is 6.10. The second-order valence-electron chi connectivity index (χ2n) is 9.18. The van der Waals surface area contributed by atoms with E-state index >= 15 is 0 Å². The number of amides is 1. The quantitative estimate of drug-likeness (QED) is 0.293. The zero-order chi connectivity index (χ0) is 26.7. The number of piperazine rings is 1. The largest absolute Gasteiger partial charge is 0.366 e. The maximum Gasteiger partial charge on any atom is 0.270 e. The minimum Gasteiger partial charge on any atom is -0.366 e. The van der Waals surface area contributed by atoms with E-state index in [2.05, 4.69) is 11.8 Å². The molecule has 2 fully saturated rings. The highest BCUT2D eigenvalue weighted by atomic mass is 32.2. The minimum absolute atomic E-state index is 0.0564. The summed E-state index contributed by atoms with van der Waals surface area (Å²) in [4.78, 5) is 32.4. The van der Waals surface area contributed by atoms with Crippen LogP contribution in [0.2, 0.25) is 0 Å². The Kier molecular flexibility index (Phi) is 8.35. The normalized spacial score (nSPS) is 17.2. The summed E-state index contributed by atoms with van der Waals surface area (Å²) in [7, 11) is 1.65. The van der Waals surface area contributed by atoms with E-state index in [1.807, 2.05) is 17.0 Å². The lowest BCUT2D eigenvalue weighted by molar-refractivity contribution is -0.122. The zero-order valence-corrected chi connectivity index (χ0v) is 22.9. The molecule has 1 aromatic carbocycles. The van der Waals surface area contributed by atoms with Crippen LogP contribution in [0.5, 0.6) is 0 Å². The third kappa shape index (κ3) is 5.29. The molecule has 1 aromatic heterocycles. The topological polar surface area (TPSA) is 72.6 Å². The molecule has 0 bridgehead atoms. The Morgan fingerprint density at radius 1 is 1.14 bits per heavy atom. The van der Waals surface area contributed by atoms with Gasteiger partial charge in [-0.2, -0.15) is 5.26 Å². The predicted octanol–water partition coefficient (Wildman–Crippen LogP) is 4.42. The Bertz CT molecular complexity index is 1360. The lowest BCUT2D eigenvalue weighted by Crippen LogP contribution is -2.48. The van der Waals surface area contributed by atoms with Crippen molar-refractivity contribution in [1.82, 2.24) is 9.47 Å². The van der Waals surface area contributed by atoms with Crippen LogP contribution in [0.4, 0.5) is 15.9 Å². The molecule has 37 heavy (non-hydrogen) atoms. The molecule has 7 nitrogen and oxygen atoms in total. The monoisotopic (exact) mass is 539 g/mol. The first-order chi connectivity index (χ1) is 17.8. The van der Waals surface area contributed by atoms with Crippen molar-refractivity contribution < 1.29 is 9.18 Å². The molecule has 0 aliphatic carbocycles. The van der Waals surface area contributed by atoms with E-state index in [-0.39, 0.29) is 22.8 Å². The fraction of sp³-hybridized carbons (Fsp3) is 0.407. The molecule has 4 rings (SSSR count). The van der Waals surface area contributed by atoms with E-state index in [1.165, 1.54) is 22.4 Å². The van der Waals surface area contributed by atoms with Gasteiger partial charge >= 0.3 is 0 Å². The Hall–Kier alpha value is -3.16. The van der Waals surface area contributed by atoms with Crippen LogP contribution in [0.25, 0.3) is 6.08 Å². The smallest absolute Gasteiger partial charge is 0.270 e. The first-order valence-corrected chi connectivity index (χ1v) is 13.6. The minimum atomic E-state index is -0.379. The third-order valence-corrected chi connectivity index (χ3v) is 8.25. The SMILES string of the molecule is CCCCCN1C(=O)C(=Cc2c(C)c(C#N)c(=O)n(C)c2N2CCN(c3ccccc3F)CC2)SC1=S. The summed E-state index contributed by atoms with van der Waals surface area (Å²) >= 11 is 6.74. The Morgan fingerprint density at radius 3 is 2.46 bits per heavy atom. The Morgan fingerprint density at radius 2 is 1.81 bits per heavy atom. The van der Waals surface area contributed by atoms with Crippen LogP contribution in [0.3, 0.4) is 0 Å². The Labute approximate surface area is 226 Å². The van der Waals surface area contributed by atoms with Gasteiger partial charge in [0, 0.05) is 45.3 Å². The van der Waals surface area contributed by atoms with Crippen LogP contribution in [-0.4, -0.2) is 52.4 Å². The molecule has 0 radical (unpaired) electrons. The lowest BCUT2D eigenvalue weighted by Gasteiger charge is -2.38. The predicted molar refractivity (Wildman–Crippen MR) is 151 cm³/mol. The van der Waals surface area contributed by atoms with Crippen molar-refractivity contribution in [2.45, 2.75) is 33.1 Å². The number of para-hydroxylation sites is 1. The molecule has 10 heteroatoms. The van der Waals surface area contributed by atoms with Crippen LogP contribution in [0.15, 0.2) is 34.0 Å². The lowest BCUT2D eigenvalue weighted by atomic mass is 10.0. The number of carbonyl (C=O) groups excluding carboxylic acids is 1. The molecular formula is C27H30FN5O2S2. The van der Waals surface area contributed by atoms with Crippen LogP contribution in [-0.2, 0) is 11.8 Å². The molecule has 0 atom stereocenters. The number of nitrogens with zero attached hydrogens (tertiary/aromatic N) is 5. The van der Waals surface area contributed by atoms with Crippen molar-refractivity contribution >= 4 is 51.8 Å². The highest BCUT2D eigenvalue weighted by Gasteiger charge is 2.33. The second-order valence-corrected chi connectivity index (χ2v) is 10.9. The number of rotatable bonds is 7. The summed E-state index contributed by atoms with van der Waals surface area (Å²) in [5.41, 5.74) is 1.43. The van der Waals surface area contributed by atoms with Crippen molar-refractivity contribution in [3.05, 3.63) is 62.0 Å². The van der Waals surface area contributed by atoms with Gasteiger partial charge in [0.15, 0.2) is 0 Å². The number of anilines is 2. The molecule has 1 amide bonds. The molecule has 0 N–H and O–H groups in total. The van der Waals surface area contributed by atoms with Crippen LogP contribution < -0.4 is 15.4 Å². The molecule has 2 aliphatic rings. The van der Waals surface area contributed by atoms with Gasteiger partial charge in [0.2, 0.25) is 0 Å². The van der Waals surface area contributed by atoms with Gasteiger partial charge in [0.1, 0.15) is 27.6 Å². The molecule has 3 heterocycles. The van der Waals surface area contributed by atoms with Gasteiger partial charge in [-0.3, -0.25) is 19.1 Å². The average Bonchev–Trinajstić information content (AvgIpc) is 3.16. The van der Waals surface area contributed by atoms with Gasteiger partial charge in [0.05, 0.1) is 10.6 Å². The number of unbranched alkanes of at least 4 members (excludes halogenated alkanes) is 2. The van der Waals surface area contributed by atoms with Crippen LogP contribution in [0.1, 0.15) is 42.9 Å². The summed E-state index contributed by atoms with van der Waals surface area (Å²) in [6.07, 6.45) is 4.72. The number of halogens is 1. The van der Waals surface area contributed by atoms with E-state index in [0.717, 1.165) is 19.3 Å². The number of pyridine rings is 1. The number of hydrogen-bond donors (Lipinski definition) is 0. The molecule has 2 aliphatic heterocycles. The summed E-state index contributed by atoms with van der Waals surface area (Å²) in [5, 5.41) is 9.71. The number of carbonyl (C=O) groups is 1. The zero-order valence-electron chi connectivity index (χ0n) is 21.3. The van der Waals surface area contributed by atoms with Gasteiger partial charge < -0.3 is 9.80 Å². The number of thiocarbonyl (C=S) groups is 1. The highest BCUT2D eigenvalue weighted by molar-refractivity contribution is 8.26. The Balaban J connectivity index is 1.69. The van der Waals surface area contributed by atoms with Crippen molar-refractivity contribution in [1.29, 1.82) is 5.26 Å². The van der Waals surface area contributed by atoms with Crippen LogP contribution in [0, 0.1) is 24.1 Å². The van der Waals surface area contributed by atoms with E-state index < -0.39 is 0 Å². The maximum atomic E-state index is 14.3. The van der Waals surface area contributed by atoms with E-state index in [1.54, 1.807) is 37.1 Å². The van der Waals surface area contributed by atoms with Gasteiger partial charge in [0.25, 0.3) is 11.5 Å². The molecule has 2 saturated heterocycles. The summed E-state index contributed by atoms with van der Waals surface area (Å²) in [6.45, 7) is 6.65. The summed E-state index contributed by atoms with van der Waals surface area (Å²) in [6, 6.07) is 8.74. The van der Waals surface area contributed by atoms with Crippen molar-refractivity contribution in [3.8, 4) is 6.07 Å². The highest BCUT2D eigenvalue weighted by Crippen LogP contribution is 2.36. The van der Waals surface area contributed by atoms with E-state index in [4.69, 9.17) is 12.2 Å². The third-order valence-electron chi connectivity index (χ3n) is 6.87. The number of nitriles is 1. The van der Waals surface area contributed by atoms with Crippen molar-refractivity contribution in [2.24, 2.45) is 7.05 Å². The first kappa shape index (κ1) is 26.9. The van der Waals surface area contributed by atoms with Gasteiger partial charge in [-0.1, -0.05) is 55.9 Å². The van der Waals surface area contributed by atoms with E-state index in [9.17, 15) is 19.2 Å². The number of thioether (sulfide) groups is 1. The second kappa shape index (κ2) is 11.5. The molecule has 0 spiro atoms. The van der Waals surface area contributed by atoms with Crippen molar-refractivity contribution in [3.63, 3.8) is 0 Å². The molecular weight excluding hydrogens is 509 g/mol.